The highest BCUT2D eigenvalue weighted by Gasteiger charge is 2.32. The molecule has 2 aromatic carbocycles. The van der Waals surface area contributed by atoms with Gasteiger partial charge in [0.15, 0.2) is 6.61 Å². The van der Waals surface area contributed by atoms with Crippen LogP contribution in [0.4, 0.5) is 24.5 Å². The maximum absolute atomic E-state index is 13.2. The molecule has 0 spiro atoms. The average Bonchev–Trinajstić information content (AvgIpc) is 2.81. The van der Waals surface area contributed by atoms with Gasteiger partial charge in [-0.1, -0.05) is 6.07 Å². The molecule has 178 valence electrons. The van der Waals surface area contributed by atoms with Crippen LogP contribution in [0.25, 0.3) is 0 Å². The molecule has 0 radical (unpaired) electrons. The Kier molecular flexibility index (Phi) is 7.64. The second-order valence-electron chi connectivity index (χ2n) is 6.99. The Balaban J connectivity index is 1.76. The van der Waals surface area contributed by atoms with Crippen LogP contribution in [0, 0.1) is 0 Å². The summed E-state index contributed by atoms with van der Waals surface area (Å²) >= 11 is 0. The Morgan fingerprint density at radius 1 is 1.06 bits per heavy atom. The Morgan fingerprint density at radius 3 is 2.27 bits per heavy atom. The van der Waals surface area contributed by atoms with Gasteiger partial charge in [0.05, 0.1) is 44.4 Å². The molecule has 0 unspecified atom stereocenters. The Morgan fingerprint density at radius 2 is 1.70 bits per heavy atom. The van der Waals surface area contributed by atoms with E-state index in [1.807, 2.05) is 4.90 Å². The summed E-state index contributed by atoms with van der Waals surface area (Å²) in [6.07, 6.45) is -4.59. The van der Waals surface area contributed by atoms with E-state index in [1.165, 1.54) is 32.4 Å². The molecule has 11 heteroatoms. The maximum atomic E-state index is 13.2. The normalized spacial score (nSPS) is 13.9. The number of nitrogens with zero attached hydrogens (tertiary/aromatic N) is 1. The van der Waals surface area contributed by atoms with Crippen LogP contribution >= 0.6 is 0 Å². The topological polar surface area (TPSA) is 86.3 Å². The third-order valence-electron chi connectivity index (χ3n) is 4.92. The van der Waals surface area contributed by atoms with Gasteiger partial charge in [-0.15, -0.1) is 0 Å². The molecule has 1 aliphatic rings. The lowest BCUT2D eigenvalue weighted by atomic mass is 10.1. The fourth-order valence-corrected chi connectivity index (χ4v) is 3.33. The summed E-state index contributed by atoms with van der Waals surface area (Å²) in [4.78, 5) is 26.8. The van der Waals surface area contributed by atoms with Gasteiger partial charge < -0.3 is 29.2 Å². The summed E-state index contributed by atoms with van der Waals surface area (Å²) in [5.74, 6) is -1.30. The highest BCUT2D eigenvalue weighted by molar-refractivity contribution is 5.99. The van der Waals surface area contributed by atoms with Gasteiger partial charge in [0.2, 0.25) is 0 Å². The van der Waals surface area contributed by atoms with Crippen molar-refractivity contribution < 1.29 is 41.7 Å². The number of anilines is 2. The predicted molar refractivity (Wildman–Crippen MR) is 113 cm³/mol. The number of ether oxygens (including phenoxy) is 4. The van der Waals surface area contributed by atoms with Crippen molar-refractivity contribution >= 4 is 23.3 Å². The van der Waals surface area contributed by atoms with Crippen LogP contribution < -0.4 is 19.7 Å². The Labute approximate surface area is 188 Å². The number of rotatable bonds is 7. The number of amides is 1. The summed E-state index contributed by atoms with van der Waals surface area (Å²) < 4.78 is 60.3. The highest BCUT2D eigenvalue weighted by atomic mass is 19.4. The molecule has 1 amide bonds. The van der Waals surface area contributed by atoms with Gasteiger partial charge in [0.25, 0.3) is 5.91 Å². The zero-order chi connectivity index (χ0) is 24.0. The number of hydrogen-bond acceptors (Lipinski definition) is 7. The molecule has 2 aromatic rings. The van der Waals surface area contributed by atoms with E-state index in [4.69, 9.17) is 18.9 Å². The molecule has 3 rings (SSSR count). The van der Waals surface area contributed by atoms with Gasteiger partial charge in [-0.3, -0.25) is 4.79 Å². The van der Waals surface area contributed by atoms with Crippen molar-refractivity contribution in [2.75, 3.05) is 57.3 Å². The van der Waals surface area contributed by atoms with E-state index in [-0.39, 0.29) is 22.7 Å². The molecule has 0 aliphatic carbocycles. The Hall–Kier alpha value is -3.47. The Bertz CT molecular complexity index is 984. The monoisotopic (exact) mass is 468 g/mol. The van der Waals surface area contributed by atoms with Crippen LogP contribution in [0.5, 0.6) is 11.5 Å². The summed E-state index contributed by atoms with van der Waals surface area (Å²) in [5, 5.41) is 2.42. The molecule has 0 bridgehead atoms. The molecule has 1 N–H and O–H groups in total. The largest absolute Gasteiger partial charge is 0.496 e. The number of benzene rings is 2. The van der Waals surface area contributed by atoms with E-state index >= 15 is 0 Å². The van der Waals surface area contributed by atoms with Crippen molar-refractivity contribution in [2.24, 2.45) is 0 Å². The van der Waals surface area contributed by atoms with Crippen LogP contribution in [0.15, 0.2) is 36.4 Å². The first-order chi connectivity index (χ1) is 15.7. The van der Waals surface area contributed by atoms with Crippen molar-refractivity contribution in [1.29, 1.82) is 0 Å². The SMILES string of the molecule is COc1cccc(OC)c1C(=O)OCC(=O)Nc1cc(C(F)(F)F)ccc1N1CCOCC1. The van der Waals surface area contributed by atoms with E-state index < -0.39 is 30.2 Å². The standard InChI is InChI=1S/C22H23F3N2O6/c1-30-17-4-3-5-18(31-2)20(17)21(29)33-13-19(28)26-15-12-14(22(23,24)25)6-7-16(15)27-8-10-32-11-9-27/h3-7,12H,8-11,13H2,1-2H3,(H,26,28). The van der Waals surface area contributed by atoms with Crippen LogP contribution in [-0.2, 0) is 20.4 Å². The van der Waals surface area contributed by atoms with Gasteiger partial charge in [-0.2, -0.15) is 13.2 Å². The van der Waals surface area contributed by atoms with E-state index in [0.29, 0.717) is 32.0 Å². The minimum atomic E-state index is -4.59. The van der Waals surface area contributed by atoms with Gasteiger partial charge in [-0.25, -0.2) is 4.79 Å². The number of methoxy groups -OCH3 is 2. The lowest BCUT2D eigenvalue weighted by molar-refractivity contribution is -0.137. The lowest BCUT2D eigenvalue weighted by Crippen LogP contribution is -2.37. The molecule has 1 aliphatic heterocycles. The zero-order valence-corrected chi connectivity index (χ0v) is 18.0. The summed E-state index contributed by atoms with van der Waals surface area (Å²) in [6.45, 7) is 1.01. The molecule has 0 aromatic heterocycles. The lowest BCUT2D eigenvalue weighted by Gasteiger charge is -2.31. The third-order valence-corrected chi connectivity index (χ3v) is 4.92. The summed E-state index contributed by atoms with van der Waals surface area (Å²) in [5.41, 5.74) is -0.547. The third kappa shape index (κ3) is 5.86. The van der Waals surface area contributed by atoms with Crippen molar-refractivity contribution in [2.45, 2.75) is 6.18 Å². The molecule has 1 saturated heterocycles. The number of nitrogens with one attached hydrogen (secondary N) is 1. The molecule has 1 fully saturated rings. The van der Waals surface area contributed by atoms with Gasteiger partial charge in [-0.05, 0) is 30.3 Å². The average molecular weight is 468 g/mol. The van der Waals surface area contributed by atoms with Crippen molar-refractivity contribution in [3.8, 4) is 11.5 Å². The molecular weight excluding hydrogens is 445 g/mol. The first kappa shape index (κ1) is 24.2. The van der Waals surface area contributed by atoms with Gasteiger partial charge >= 0.3 is 12.1 Å². The smallest absolute Gasteiger partial charge is 0.416 e. The first-order valence-electron chi connectivity index (χ1n) is 9.96. The number of alkyl halides is 3. The van der Waals surface area contributed by atoms with Crippen LogP contribution in [-0.4, -0.2) is 59.0 Å². The number of morpholine rings is 1. The second-order valence-corrected chi connectivity index (χ2v) is 6.99. The summed E-state index contributed by atoms with van der Waals surface area (Å²) in [7, 11) is 2.72. The van der Waals surface area contributed by atoms with Gasteiger partial charge in [0.1, 0.15) is 17.1 Å². The van der Waals surface area contributed by atoms with Crippen molar-refractivity contribution in [3.63, 3.8) is 0 Å². The minimum absolute atomic E-state index is 0.0108. The van der Waals surface area contributed by atoms with E-state index in [9.17, 15) is 22.8 Å². The number of carbonyl (C=O) groups is 2. The fraction of sp³-hybridized carbons (Fsp3) is 0.364. The minimum Gasteiger partial charge on any atom is -0.496 e. The first-order valence-corrected chi connectivity index (χ1v) is 9.96. The van der Waals surface area contributed by atoms with Gasteiger partial charge in [0, 0.05) is 13.1 Å². The van der Waals surface area contributed by atoms with E-state index in [2.05, 4.69) is 5.32 Å². The second kappa shape index (κ2) is 10.4. The van der Waals surface area contributed by atoms with Crippen LogP contribution in [0.3, 0.4) is 0 Å². The quantitative estimate of drug-likeness (QED) is 0.624. The predicted octanol–water partition coefficient (Wildman–Crippen LogP) is 3.35. The van der Waals surface area contributed by atoms with Crippen LogP contribution in [0.1, 0.15) is 15.9 Å². The number of halogens is 3. The molecular formula is C22H23F3N2O6. The molecule has 8 nitrogen and oxygen atoms in total. The molecule has 33 heavy (non-hydrogen) atoms. The molecule has 0 saturated carbocycles. The fourth-order valence-electron chi connectivity index (χ4n) is 3.33. The maximum Gasteiger partial charge on any atom is 0.416 e. The number of carbonyl (C=O) groups excluding carboxylic acids is 2. The van der Waals surface area contributed by atoms with Crippen LogP contribution in [0.2, 0.25) is 0 Å². The van der Waals surface area contributed by atoms with Crippen molar-refractivity contribution in [1.82, 2.24) is 0 Å². The van der Waals surface area contributed by atoms with Crippen molar-refractivity contribution in [3.05, 3.63) is 47.5 Å². The van der Waals surface area contributed by atoms with E-state index in [0.717, 1.165) is 12.1 Å². The number of hydrogen-bond donors (Lipinski definition) is 1. The molecule has 0 atom stereocenters. The highest BCUT2D eigenvalue weighted by Crippen LogP contribution is 2.36. The van der Waals surface area contributed by atoms with E-state index in [1.54, 1.807) is 6.07 Å². The molecule has 1 heterocycles. The summed E-state index contributed by atoms with van der Waals surface area (Å²) in [6, 6.07) is 7.77. The zero-order valence-electron chi connectivity index (χ0n) is 18.0. The number of esters is 1.